The maximum atomic E-state index is 12.9. The minimum atomic E-state index is 0.253. The summed E-state index contributed by atoms with van der Waals surface area (Å²) in [6, 6.07) is 8.03. The molecule has 0 aliphatic carbocycles. The van der Waals surface area contributed by atoms with Crippen LogP contribution in [-0.2, 0) is 28.9 Å². The average molecular weight is 453 g/mol. The van der Waals surface area contributed by atoms with Crippen LogP contribution in [0.2, 0.25) is 0 Å². The lowest BCUT2D eigenvalue weighted by Gasteiger charge is -2.34. The molecule has 2 aromatic rings. The van der Waals surface area contributed by atoms with Crippen molar-refractivity contribution < 1.29 is 14.3 Å². The summed E-state index contributed by atoms with van der Waals surface area (Å²) in [7, 11) is 1.69. The highest BCUT2D eigenvalue weighted by molar-refractivity contribution is 5.76. The molecule has 33 heavy (non-hydrogen) atoms. The summed E-state index contributed by atoms with van der Waals surface area (Å²) in [6.07, 6.45) is 6.50. The molecule has 1 aromatic heterocycles. The first kappa shape index (κ1) is 23.5. The number of para-hydroxylation sites is 1. The van der Waals surface area contributed by atoms with E-state index in [1.54, 1.807) is 7.11 Å². The molecule has 2 aliphatic rings. The molecule has 0 unspecified atom stereocenters. The van der Waals surface area contributed by atoms with E-state index in [9.17, 15) is 4.79 Å². The van der Waals surface area contributed by atoms with Crippen LogP contribution < -0.4 is 9.64 Å². The number of ether oxygens (including phenoxy) is 2. The predicted molar refractivity (Wildman–Crippen MR) is 129 cm³/mol. The Kier molecular flexibility index (Phi) is 8.15. The molecule has 0 N–H and O–H groups in total. The Labute approximate surface area is 197 Å². The molecule has 1 aromatic carbocycles. The first-order valence-electron chi connectivity index (χ1n) is 12.3. The summed E-state index contributed by atoms with van der Waals surface area (Å²) in [6.45, 7) is 6.53. The maximum Gasteiger partial charge on any atom is 0.222 e. The third-order valence-corrected chi connectivity index (χ3v) is 6.53. The predicted octanol–water partition coefficient (Wildman–Crippen LogP) is 3.77. The van der Waals surface area contributed by atoms with Gasteiger partial charge in [0.05, 0.1) is 32.6 Å². The number of morpholine rings is 1. The lowest BCUT2D eigenvalue weighted by molar-refractivity contribution is -0.132. The molecule has 178 valence electrons. The topological polar surface area (TPSA) is 67.8 Å². The minimum absolute atomic E-state index is 0.253. The highest BCUT2D eigenvalue weighted by Gasteiger charge is 2.28. The van der Waals surface area contributed by atoms with Crippen LogP contribution in [0.1, 0.15) is 61.7 Å². The fourth-order valence-corrected chi connectivity index (χ4v) is 4.66. The summed E-state index contributed by atoms with van der Waals surface area (Å²) in [4.78, 5) is 27.2. The van der Waals surface area contributed by atoms with Gasteiger partial charge in [0.1, 0.15) is 17.4 Å². The Morgan fingerprint density at radius 1 is 1.09 bits per heavy atom. The van der Waals surface area contributed by atoms with Gasteiger partial charge in [0.2, 0.25) is 5.91 Å². The number of hydrogen-bond acceptors (Lipinski definition) is 6. The monoisotopic (exact) mass is 452 g/mol. The highest BCUT2D eigenvalue weighted by atomic mass is 16.5. The smallest absolute Gasteiger partial charge is 0.222 e. The fourth-order valence-electron chi connectivity index (χ4n) is 4.66. The van der Waals surface area contributed by atoms with Crippen molar-refractivity contribution in [2.45, 2.75) is 58.4 Å². The molecule has 0 bridgehead atoms. The van der Waals surface area contributed by atoms with Gasteiger partial charge in [-0.25, -0.2) is 9.97 Å². The molecule has 0 radical (unpaired) electrons. The first-order valence-corrected chi connectivity index (χ1v) is 12.3. The number of unbranched alkanes of at least 4 members (excludes halogenated alkanes) is 3. The SMILES string of the molecule is CCCCCCC(=O)N1CCc2nc(Cc3ccccc3OC)nc(N3CCOCC3)c2C1. The Balaban J connectivity index is 1.58. The van der Waals surface area contributed by atoms with Crippen molar-refractivity contribution in [2.75, 3.05) is 44.9 Å². The second-order valence-electron chi connectivity index (χ2n) is 8.85. The molecule has 7 nitrogen and oxygen atoms in total. The number of methoxy groups -OCH3 is 1. The van der Waals surface area contributed by atoms with Crippen molar-refractivity contribution >= 4 is 11.7 Å². The largest absolute Gasteiger partial charge is 0.496 e. The summed E-state index contributed by atoms with van der Waals surface area (Å²) in [5.41, 5.74) is 3.26. The standard InChI is InChI=1S/C26H36N4O3/c1-3-4-5-6-11-25(31)30-13-12-22-21(19-30)26(29-14-16-33-17-15-29)28-24(27-22)18-20-9-7-8-10-23(20)32-2/h7-10H,3-6,11-19H2,1-2H3. The zero-order chi connectivity index (χ0) is 23.0. The molecular weight excluding hydrogens is 416 g/mol. The van der Waals surface area contributed by atoms with Crippen molar-refractivity contribution in [3.05, 3.63) is 46.9 Å². The Morgan fingerprint density at radius 3 is 2.70 bits per heavy atom. The molecule has 0 spiro atoms. The van der Waals surface area contributed by atoms with E-state index in [-0.39, 0.29) is 5.91 Å². The molecule has 1 fully saturated rings. The number of amides is 1. The molecule has 1 amide bonds. The number of fused-ring (bicyclic) bond motifs is 1. The average Bonchev–Trinajstić information content (AvgIpc) is 2.86. The second kappa shape index (κ2) is 11.5. The summed E-state index contributed by atoms with van der Waals surface area (Å²) >= 11 is 0. The summed E-state index contributed by atoms with van der Waals surface area (Å²) < 4.78 is 11.1. The van der Waals surface area contributed by atoms with E-state index in [1.807, 2.05) is 23.1 Å². The van der Waals surface area contributed by atoms with Crippen LogP contribution in [0.4, 0.5) is 5.82 Å². The van der Waals surface area contributed by atoms with E-state index in [2.05, 4.69) is 17.9 Å². The van der Waals surface area contributed by atoms with E-state index in [4.69, 9.17) is 19.4 Å². The zero-order valence-corrected chi connectivity index (χ0v) is 20.0. The van der Waals surface area contributed by atoms with Crippen LogP contribution in [0.15, 0.2) is 24.3 Å². The summed E-state index contributed by atoms with van der Waals surface area (Å²) in [5.74, 6) is 2.88. The van der Waals surface area contributed by atoms with Crippen LogP contribution in [0.25, 0.3) is 0 Å². The number of anilines is 1. The molecule has 3 heterocycles. The van der Waals surface area contributed by atoms with Crippen LogP contribution in [0.5, 0.6) is 5.75 Å². The van der Waals surface area contributed by atoms with Gasteiger partial charge < -0.3 is 19.3 Å². The van der Waals surface area contributed by atoms with Crippen molar-refractivity contribution in [2.24, 2.45) is 0 Å². The van der Waals surface area contributed by atoms with E-state index >= 15 is 0 Å². The fraction of sp³-hybridized carbons (Fsp3) is 0.577. The molecule has 2 aliphatic heterocycles. The minimum Gasteiger partial charge on any atom is -0.496 e. The van der Waals surface area contributed by atoms with Gasteiger partial charge in [-0.2, -0.15) is 0 Å². The van der Waals surface area contributed by atoms with Gasteiger partial charge in [0.25, 0.3) is 0 Å². The van der Waals surface area contributed by atoms with E-state index in [0.29, 0.717) is 32.6 Å². The van der Waals surface area contributed by atoms with Gasteiger partial charge in [-0.1, -0.05) is 44.4 Å². The molecule has 0 saturated carbocycles. The number of carbonyl (C=O) groups excluding carboxylic acids is 1. The highest BCUT2D eigenvalue weighted by Crippen LogP contribution is 2.29. The number of rotatable bonds is 9. The summed E-state index contributed by atoms with van der Waals surface area (Å²) in [5, 5.41) is 0. The van der Waals surface area contributed by atoms with E-state index in [0.717, 1.165) is 73.1 Å². The lowest BCUT2D eigenvalue weighted by Crippen LogP contribution is -2.41. The normalized spacial score (nSPS) is 15.9. The van der Waals surface area contributed by atoms with Crippen molar-refractivity contribution in [1.29, 1.82) is 0 Å². The number of nitrogens with zero attached hydrogens (tertiary/aromatic N) is 4. The Morgan fingerprint density at radius 2 is 1.91 bits per heavy atom. The van der Waals surface area contributed by atoms with Crippen molar-refractivity contribution in [1.82, 2.24) is 14.9 Å². The van der Waals surface area contributed by atoms with E-state index < -0.39 is 0 Å². The zero-order valence-electron chi connectivity index (χ0n) is 20.0. The quantitative estimate of drug-likeness (QED) is 0.540. The van der Waals surface area contributed by atoms with Gasteiger partial charge in [-0.3, -0.25) is 4.79 Å². The van der Waals surface area contributed by atoms with Crippen LogP contribution in [0.3, 0.4) is 0 Å². The first-order chi connectivity index (χ1) is 16.2. The van der Waals surface area contributed by atoms with E-state index in [1.165, 1.54) is 12.8 Å². The third kappa shape index (κ3) is 5.82. The van der Waals surface area contributed by atoms with Gasteiger partial charge in [-0.15, -0.1) is 0 Å². The number of aromatic nitrogens is 2. The number of carbonyl (C=O) groups is 1. The lowest BCUT2D eigenvalue weighted by atomic mass is 10.0. The van der Waals surface area contributed by atoms with Gasteiger partial charge in [0, 0.05) is 50.0 Å². The number of hydrogen-bond donors (Lipinski definition) is 0. The van der Waals surface area contributed by atoms with Crippen LogP contribution in [0, 0.1) is 0 Å². The number of benzene rings is 1. The molecular formula is C26H36N4O3. The molecule has 0 atom stereocenters. The second-order valence-corrected chi connectivity index (χ2v) is 8.85. The van der Waals surface area contributed by atoms with Crippen LogP contribution in [-0.4, -0.2) is 60.7 Å². The maximum absolute atomic E-state index is 12.9. The van der Waals surface area contributed by atoms with Crippen molar-refractivity contribution in [3.63, 3.8) is 0 Å². The van der Waals surface area contributed by atoms with Gasteiger partial charge in [-0.05, 0) is 12.5 Å². The molecule has 7 heteroatoms. The third-order valence-electron chi connectivity index (χ3n) is 6.53. The van der Waals surface area contributed by atoms with Gasteiger partial charge >= 0.3 is 0 Å². The van der Waals surface area contributed by atoms with Crippen LogP contribution >= 0.6 is 0 Å². The Hall–Kier alpha value is -2.67. The Bertz CT molecular complexity index is 943. The van der Waals surface area contributed by atoms with Gasteiger partial charge in [0.15, 0.2) is 0 Å². The van der Waals surface area contributed by atoms with Crippen molar-refractivity contribution in [3.8, 4) is 5.75 Å². The molecule has 1 saturated heterocycles. The molecule has 4 rings (SSSR count).